The van der Waals surface area contributed by atoms with Crippen molar-refractivity contribution in [2.24, 2.45) is 0 Å². The molecule has 1 aromatic heterocycles. The number of pyridine rings is 1. The highest BCUT2D eigenvalue weighted by atomic mass is 19.1. The first-order valence-corrected chi connectivity index (χ1v) is 5.13. The molecule has 4 nitrogen and oxygen atoms in total. The summed E-state index contributed by atoms with van der Waals surface area (Å²) in [6, 6.07) is 6.63. The summed E-state index contributed by atoms with van der Waals surface area (Å²) in [5, 5.41) is 2.55. The number of aromatic nitrogens is 1. The van der Waals surface area contributed by atoms with Crippen LogP contribution in [-0.2, 0) is 0 Å². The minimum Gasteiger partial charge on any atom is -0.479 e. The summed E-state index contributed by atoms with van der Waals surface area (Å²) in [7, 11) is 1.41. The van der Waals surface area contributed by atoms with Gasteiger partial charge >= 0.3 is 0 Å². The molecule has 0 spiro atoms. The van der Waals surface area contributed by atoms with Gasteiger partial charge in [0.05, 0.1) is 12.8 Å². The highest BCUT2D eigenvalue weighted by Gasteiger charge is 2.10. The average molecular weight is 251 g/mol. The minimum absolute atomic E-state index is 0.191. The van der Waals surface area contributed by atoms with Gasteiger partial charge in [-0.2, -0.15) is 4.98 Å². The predicted octanol–water partition coefficient (Wildman–Crippen LogP) is 2.69. The quantitative estimate of drug-likeness (QED) is 0.880. The zero-order chi connectivity index (χ0) is 13.1. The van der Waals surface area contributed by atoms with Crippen molar-refractivity contribution >= 4 is 17.2 Å². The van der Waals surface area contributed by atoms with E-state index in [1.807, 2.05) is 0 Å². The molecule has 18 heavy (non-hydrogen) atoms. The molecule has 0 bridgehead atoms. The maximum absolute atomic E-state index is 13.4. The zero-order valence-electron chi connectivity index (χ0n) is 9.58. The number of methoxy groups -OCH3 is 1. The van der Waals surface area contributed by atoms with Gasteiger partial charge in [0.25, 0.3) is 0 Å². The van der Waals surface area contributed by atoms with E-state index in [1.54, 1.807) is 0 Å². The highest BCUT2D eigenvalue weighted by Crippen LogP contribution is 2.25. The summed E-state index contributed by atoms with van der Waals surface area (Å²) in [6.45, 7) is 0. The van der Waals surface area contributed by atoms with Crippen molar-refractivity contribution in [3.63, 3.8) is 0 Å². The highest BCUT2D eigenvalue weighted by molar-refractivity contribution is 5.61. The number of nitrogens with one attached hydrogen (secondary N) is 1. The second-order valence-electron chi connectivity index (χ2n) is 3.52. The molecule has 0 unspecified atom stereocenters. The number of hydrogen-bond acceptors (Lipinski definition) is 4. The summed E-state index contributed by atoms with van der Waals surface area (Å²) >= 11 is 0. The Kier molecular flexibility index (Phi) is 3.27. The van der Waals surface area contributed by atoms with Crippen LogP contribution in [0.1, 0.15) is 0 Å². The first kappa shape index (κ1) is 12.1. The second-order valence-corrected chi connectivity index (χ2v) is 3.52. The third-order valence-corrected chi connectivity index (χ3v) is 2.30. The van der Waals surface area contributed by atoms with Crippen molar-refractivity contribution in [2.75, 3.05) is 18.2 Å². The average Bonchev–Trinajstić information content (AvgIpc) is 2.36. The maximum atomic E-state index is 13.4. The third kappa shape index (κ3) is 2.32. The molecule has 6 heteroatoms. The zero-order valence-corrected chi connectivity index (χ0v) is 9.58. The molecule has 1 aromatic carbocycles. The van der Waals surface area contributed by atoms with Crippen molar-refractivity contribution in [1.82, 2.24) is 4.98 Å². The van der Waals surface area contributed by atoms with Crippen LogP contribution in [0.3, 0.4) is 0 Å². The first-order chi connectivity index (χ1) is 8.61. The van der Waals surface area contributed by atoms with Crippen LogP contribution in [0.15, 0.2) is 30.3 Å². The molecule has 2 rings (SSSR count). The van der Waals surface area contributed by atoms with Crippen LogP contribution in [0, 0.1) is 11.6 Å². The number of halogens is 2. The Morgan fingerprint density at radius 2 is 1.83 bits per heavy atom. The van der Waals surface area contributed by atoms with Gasteiger partial charge in [-0.1, -0.05) is 6.07 Å². The van der Waals surface area contributed by atoms with Crippen molar-refractivity contribution in [3.8, 4) is 5.88 Å². The van der Waals surface area contributed by atoms with E-state index in [9.17, 15) is 8.78 Å². The smallest absolute Gasteiger partial charge is 0.238 e. The maximum Gasteiger partial charge on any atom is 0.238 e. The number of ether oxygens (including phenoxy) is 1. The molecule has 0 saturated carbocycles. The Hall–Kier alpha value is -2.37. The Bertz CT molecular complexity index is 555. The van der Waals surface area contributed by atoms with Gasteiger partial charge < -0.3 is 15.8 Å². The van der Waals surface area contributed by atoms with Crippen molar-refractivity contribution < 1.29 is 13.5 Å². The predicted molar refractivity (Wildman–Crippen MR) is 64.8 cm³/mol. The lowest BCUT2D eigenvalue weighted by molar-refractivity contribution is 0.401. The molecule has 2 aromatic rings. The van der Waals surface area contributed by atoms with Gasteiger partial charge in [-0.25, -0.2) is 8.78 Å². The summed E-state index contributed by atoms with van der Waals surface area (Å²) in [5.41, 5.74) is 5.67. The van der Waals surface area contributed by atoms with Crippen molar-refractivity contribution in [1.29, 1.82) is 0 Å². The Morgan fingerprint density at radius 1 is 1.17 bits per heavy atom. The van der Waals surface area contributed by atoms with E-state index in [-0.39, 0.29) is 17.4 Å². The fourth-order valence-electron chi connectivity index (χ4n) is 1.43. The molecule has 0 aliphatic heterocycles. The molecule has 3 N–H and O–H groups in total. The molecule has 0 atom stereocenters. The largest absolute Gasteiger partial charge is 0.479 e. The number of para-hydroxylation sites is 1. The third-order valence-electron chi connectivity index (χ3n) is 2.30. The number of rotatable bonds is 3. The van der Waals surface area contributed by atoms with Gasteiger partial charge in [0.2, 0.25) is 5.88 Å². The van der Waals surface area contributed by atoms with Gasteiger partial charge in [-0.05, 0) is 24.3 Å². The molecule has 94 valence electrons. The minimum atomic E-state index is -0.701. The number of nitrogen functional groups attached to an aromatic ring is 1. The summed E-state index contributed by atoms with van der Waals surface area (Å²) in [4.78, 5) is 3.98. The number of anilines is 3. The monoisotopic (exact) mass is 251 g/mol. The van der Waals surface area contributed by atoms with E-state index in [1.165, 1.54) is 25.3 Å². The van der Waals surface area contributed by atoms with Crippen LogP contribution in [0.4, 0.5) is 26.0 Å². The topological polar surface area (TPSA) is 60.2 Å². The molecule has 0 radical (unpaired) electrons. The molecular weight excluding hydrogens is 240 g/mol. The molecule has 0 aliphatic carbocycles. The summed E-state index contributed by atoms with van der Waals surface area (Å²) in [6.07, 6.45) is 0. The Labute approximate surface area is 102 Å². The van der Waals surface area contributed by atoms with Gasteiger partial charge in [0, 0.05) is 0 Å². The number of nitrogens with two attached hydrogens (primary N) is 1. The van der Waals surface area contributed by atoms with Crippen molar-refractivity contribution in [2.45, 2.75) is 0 Å². The Morgan fingerprint density at radius 3 is 2.44 bits per heavy atom. The SMILES string of the molecule is COc1nc(Nc2c(F)cccc2F)ccc1N. The fourth-order valence-corrected chi connectivity index (χ4v) is 1.43. The van der Waals surface area contributed by atoms with E-state index in [0.717, 1.165) is 12.1 Å². The number of hydrogen-bond donors (Lipinski definition) is 2. The van der Waals surface area contributed by atoms with Crippen LogP contribution in [-0.4, -0.2) is 12.1 Å². The standard InChI is InChI=1S/C12H11F2N3O/c1-18-12-9(15)5-6-10(17-12)16-11-7(13)3-2-4-8(11)14/h2-6H,15H2,1H3,(H,16,17). The molecule has 0 aliphatic rings. The first-order valence-electron chi connectivity index (χ1n) is 5.13. The lowest BCUT2D eigenvalue weighted by Gasteiger charge is -2.10. The normalized spacial score (nSPS) is 10.2. The lowest BCUT2D eigenvalue weighted by Crippen LogP contribution is -2.02. The molecule has 0 amide bonds. The van der Waals surface area contributed by atoms with Gasteiger partial charge in [-0.3, -0.25) is 0 Å². The van der Waals surface area contributed by atoms with Crippen LogP contribution in [0.25, 0.3) is 0 Å². The van der Waals surface area contributed by atoms with Crippen molar-refractivity contribution in [3.05, 3.63) is 42.0 Å². The fraction of sp³-hybridized carbons (Fsp3) is 0.0833. The van der Waals surface area contributed by atoms with Gasteiger partial charge in [-0.15, -0.1) is 0 Å². The second kappa shape index (κ2) is 4.87. The van der Waals surface area contributed by atoms with E-state index in [4.69, 9.17) is 10.5 Å². The van der Waals surface area contributed by atoms with Crippen LogP contribution in [0.2, 0.25) is 0 Å². The van der Waals surface area contributed by atoms with Crippen LogP contribution >= 0.6 is 0 Å². The lowest BCUT2D eigenvalue weighted by atomic mass is 10.3. The molecule has 0 fully saturated rings. The summed E-state index contributed by atoms with van der Waals surface area (Å²) in [5.74, 6) is -0.970. The summed E-state index contributed by atoms with van der Waals surface area (Å²) < 4.78 is 31.7. The van der Waals surface area contributed by atoms with E-state index in [0.29, 0.717) is 5.69 Å². The van der Waals surface area contributed by atoms with Gasteiger partial charge in [0.15, 0.2) is 0 Å². The Balaban J connectivity index is 2.34. The van der Waals surface area contributed by atoms with Crippen LogP contribution < -0.4 is 15.8 Å². The number of nitrogens with zero attached hydrogens (tertiary/aromatic N) is 1. The van der Waals surface area contributed by atoms with E-state index in [2.05, 4.69) is 10.3 Å². The van der Waals surface area contributed by atoms with Crippen LogP contribution in [0.5, 0.6) is 5.88 Å². The van der Waals surface area contributed by atoms with Gasteiger partial charge in [0.1, 0.15) is 23.1 Å². The van der Waals surface area contributed by atoms with E-state index >= 15 is 0 Å². The van der Waals surface area contributed by atoms with E-state index < -0.39 is 11.6 Å². The molecule has 0 saturated heterocycles. The molecule has 1 heterocycles. The number of benzene rings is 1. The molecular formula is C12H11F2N3O.